The highest BCUT2D eigenvalue weighted by Gasteiger charge is 2.23. The Hall–Kier alpha value is -1.85. The van der Waals surface area contributed by atoms with Crippen LogP contribution in [0.2, 0.25) is 0 Å². The molecule has 1 aromatic heterocycles. The lowest BCUT2D eigenvalue weighted by Gasteiger charge is -2.30. The zero-order chi connectivity index (χ0) is 12.4. The average molecular weight is 235 g/mol. The second-order valence-corrected chi connectivity index (χ2v) is 4.41. The molecule has 0 radical (unpaired) electrons. The van der Waals surface area contributed by atoms with Crippen molar-refractivity contribution in [1.82, 2.24) is 14.9 Å². The number of nitrogen functional groups attached to an aromatic ring is 1. The first-order valence-corrected chi connectivity index (χ1v) is 5.66. The second kappa shape index (κ2) is 4.57. The molecular weight excluding hydrogens is 218 g/mol. The van der Waals surface area contributed by atoms with Crippen molar-refractivity contribution >= 4 is 17.7 Å². The molecule has 0 saturated carbocycles. The van der Waals surface area contributed by atoms with Crippen molar-refractivity contribution in [3.8, 4) is 0 Å². The summed E-state index contributed by atoms with van der Waals surface area (Å²) in [6, 6.07) is 0.227. The Bertz CT molecular complexity index is 434. The number of anilines is 2. The van der Waals surface area contributed by atoms with Crippen molar-refractivity contribution in [3.63, 3.8) is 0 Å². The number of piperidine rings is 1. The highest BCUT2D eigenvalue weighted by Crippen LogP contribution is 2.17. The van der Waals surface area contributed by atoms with Crippen molar-refractivity contribution in [2.75, 3.05) is 24.6 Å². The third-order valence-electron chi connectivity index (χ3n) is 2.96. The molecule has 1 aromatic rings. The molecule has 1 aliphatic heterocycles. The molecule has 3 N–H and O–H groups in total. The smallest absolute Gasteiger partial charge is 0.222 e. The third kappa shape index (κ3) is 2.64. The van der Waals surface area contributed by atoms with Crippen molar-refractivity contribution in [3.05, 3.63) is 11.8 Å². The molecule has 1 unspecified atom stereocenters. The van der Waals surface area contributed by atoms with Gasteiger partial charge < -0.3 is 16.0 Å². The van der Waals surface area contributed by atoms with Crippen LogP contribution in [0.3, 0.4) is 0 Å². The number of likely N-dealkylation sites (N-methyl/N-ethyl adjacent to an activating group) is 1. The molecule has 92 valence electrons. The molecule has 17 heavy (non-hydrogen) atoms. The molecule has 6 nitrogen and oxygen atoms in total. The van der Waals surface area contributed by atoms with E-state index < -0.39 is 0 Å². The van der Waals surface area contributed by atoms with Crippen molar-refractivity contribution in [2.45, 2.75) is 25.8 Å². The summed E-state index contributed by atoms with van der Waals surface area (Å²) in [4.78, 5) is 21.2. The average Bonchev–Trinajstić information content (AvgIpc) is 2.29. The fourth-order valence-electron chi connectivity index (χ4n) is 1.93. The maximum Gasteiger partial charge on any atom is 0.222 e. The van der Waals surface area contributed by atoms with Crippen LogP contribution in [-0.2, 0) is 4.79 Å². The molecule has 1 saturated heterocycles. The van der Waals surface area contributed by atoms with E-state index in [1.165, 1.54) is 0 Å². The first-order valence-electron chi connectivity index (χ1n) is 5.66. The first-order chi connectivity index (χ1) is 8.06. The van der Waals surface area contributed by atoms with Crippen LogP contribution >= 0.6 is 0 Å². The number of hydrogen-bond donors (Lipinski definition) is 2. The lowest BCUT2D eigenvalue weighted by molar-refractivity contribution is -0.132. The normalized spacial score (nSPS) is 20.5. The molecular formula is C11H17N5O. The van der Waals surface area contributed by atoms with Gasteiger partial charge >= 0.3 is 0 Å². The Labute approximate surface area is 100 Å². The van der Waals surface area contributed by atoms with Crippen LogP contribution < -0.4 is 11.1 Å². The van der Waals surface area contributed by atoms with E-state index in [4.69, 9.17) is 5.73 Å². The Morgan fingerprint density at radius 3 is 3.06 bits per heavy atom. The molecule has 0 spiro atoms. The molecule has 0 aromatic carbocycles. The number of nitrogens with zero attached hydrogens (tertiary/aromatic N) is 3. The number of likely N-dealkylation sites (tertiary alicyclic amines) is 1. The van der Waals surface area contributed by atoms with E-state index in [0.29, 0.717) is 13.0 Å². The number of aromatic nitrogens is 2. The van der Waals surface area contributed by atoms with Crippen molar-refractivity contribution < 1.29 is 4.79 Å². The quantitative estimate of drug-likeness (QED) is 0.775. The van der Waals surface area contributed by atoms with Gasteiger partial charge in [-0.05, 0) is 13.3 Å². The van der Waals surface area contributed by atoms with Gasteiger partial charge in [-0.2, -0.15) is 4.98 Å². The standard InChI is InChI=1S/C11H17N5O/c1-7-5-13-11(12)15-10(7)14-8-3-4-9(17)16(2)6-8/h5,8H,3-4,6H2,1-2H3,(H3,12,13,14,15). The fraction of sp³-hybridized carbons (Fsp3) is 0.545. The van der Waals surface area contributed by atoms with E-state index in [-0.39, 0.29) is 17.9 Å². The van der Waals surface area contributed by atoms with E-state index in [9.17, 15) is 4.79 Å². The van der Waals surface area contributed by atoms with E-state index in [0.717, 1.165) is 17.8 Å². The predicted octanol–water partition coefficient (Wildman–Crippen LogP) is 0.400. The number of amides is 1. The molecule has 1 fully saturated rings. The number of rotatable bonds is 2. The molecule has 1 amide bonds. The van der Waals surface area contributed by atoms with E-state index in [2.05, 4.69) is 15.3 Å². The number of carbonyl (C=O) groups is 1. The Morgan fingerprint density at radius 2 is 2.35 bits per heavy atom. The summed E-state index contributed by atoms with van der Waals surface area (Å²) in [5.41, 5.74) is 6.51. The Balaban J connectivity index is 2.06. The van der Waals surface area contributed by atoms with Crippen LogP contribution in [0.15, 0.2) is 6.20 Å². The fourth-order valence-corrected chi connectivity index (χ4v) is 1.93. The summed E-state index contributed by atoms with van der Waals surface area (Å²) in [6.45, 7) is 2.63. The number of nitrogens with two attached hydrogens (primary N) is 1. The van der Waals surface area contributed by atoms with Gasteiger partial charge in [0.05, 0.1) is 0 Å². The highest BCUT2D eigenvalue weighted by molar-refractivity contribution is 5.77. The summed E-state index contributed by atoms with van der Waals surface area (Å²) < 4.78 is 0. The van der Waals surface area contributed by atoms with Gasteiger partial charge in [-0.15, -0.1) is 0 Å². The molecule has 0 bridgehead atoms. The summed E-state index contributed by atoms with van der Waals surface area (Å²) in [7, 11) is 1.82. The molecule has 1 atom stereocenters. The zero-order valence-corrected chi connectivity index (χ0v) is 10.1. The van der Waals surface area contributed by atoms with Crippen LogP contribution in [0, 0.1) is 6.92 Å². The third-order valence-corrected chi connectivity index (χ3v) is 2.96. The minimum atomic E-state index is 0.196. The van der Waals surface area contributed by atoms with E-state index >= 15 is 0 Å². The van der Waals surface area contributed by atoms with Crippen molar-refractivity contribution in [1.29, 1.82) is 0 Å². The van der Waals surface area contributed by atoms with Gasteiger partial charge in [-0.1, -0.05) is 0 Å². The monoisotopic (exact) mass is 235 g/mol. The van der Waals surface area contributed by atoms with Gasteiger partial charge in [-0.3, -0.25) is 4.79 Å². The maximum atomic E-state index is 11.4. The molecule has 0 aliphatic carbocycles. The summed E-state index contributed by atoms with van der Waals surface area (Å²) in [5.74, 6) is 1.21. The van der Waals surface area contributed by atoms with Crippen LogP contribution in [0.1, 0.15) is 18.4 Å². The van der Waals surface area contributed by atoms with Crippen LogP contribution in [0.25, 0.3) is 0 Å². The molecule has 6 heteroatoms. The predicted molar refractivity (Wildman–Crippen MR) is 65.5 cm³/mol. The lowest BCUT2D eigenvalue weighted by Crippen LogP contribution is -2.43. The molecule has 1 aliphatic rings. The number of hydrogen-bond acceptors (Lipinski definition) is 5. The van der Waals surface area contributed by atoms with Gasteiger partial charge in [0.25, 0.3) is 0 Å². The van der Waals surface area contributed by atoms with Gasteiger partial charge in [0, 0.05) is 37.8 Å². The maximum absolute atomic E-state index is 11.4. The van der Waals surface area contributed by atoms with Crippen LogP contribution in [0.4, 0.5) is 11.8 Å². The second-order valence-electron chi connectivity index (χ2n) is 4.41. The van der Waals surface area contributed by atoms with Gasteiger partial charge in [0.1, 0.15) is 5.82 Å². The molecule has 2 heterocycles. The zero-order valence-electron chi connectivity index (χ0n) is 10.1. The summed E-state index contributed by atoms with van der Waals surface area (Å²) >= 11 is 0. The largest absolute Gasteiger partial charge is 0.368 e. The van der Waals surface area contributed by atoms with E-state index in [1.807, 2.05) is 14.0 Å². The van der Waals surface area contributed by atoms with E-state index in [1.54, 1.807) is 11.1 Å². The van der Waals surface area contributed by atoms with Crippen LogP contribution in [-0.4, -0.2) is 40.4 Å². The van der Waals surface area contributed by atoms with Crippen LogP contribution in [0.5, 0.6) is 0 Å². The SMILES string of the molecule is Cc1cnc(N)nc1NC1CCC(=O)N(C)C1. The van der Waals surface area contributed by atoms with Gasteiger partial charge in [-0.25, -0.2) is 4.98 Å². The summed E-state index contributed by atoms with van der Waals surface area (Å²) in [5, 5.41) is 3.32. The van der Waals surface area contributed by atoms with Gasteiger partial charge in [0.15, 0.2) is 0 Å². The number of carbonyl (C=O) groups excluding carboxylic acids is 1. The first kappa shape index (κ1) is 11.6. The minimum Gasteiger partial charge on any atom is -0.368 e. The summed E-state index contributed by atoms with van der Waals surface area (Å²) in [6.07, 6.45) is 3.10. The number of aryl methyl sites for hydroxylation is 1. The molecule has 2 rings (SSSR count). The highest BCUT2D eigenvalue weighted by atomic mass is 16.2. The number of nitrogens with one attached hydrogen (secondary N) is 1. The van der Waals surface area contributed by atoms with Gasteiger partial charge in [0.2, 0.25) is 11.9 Å². The Morgan fingerprint density at radius 1 is 1.59 bits per heavy atom. The lowest BCUT2D eigenvalue weighted by atomic mass is 10.1. The Kier molecular flexibility index (Phi) is 3.12. The topological polar surface area (TPSA) is 84.1 Å². The minimum absolute atomic E-state index is 0.196. The van der Waals surface area contributed by atoms with Crippen molar-refractivity contribution in [2.24, 2.45) is 0 Å².